The van der Waals surface area contributed by atoms with Gasteiger partial charge in [0.1, 0.15) is 5.00 Å². The summed E-state index contributed by atoms with van der Waals surface area (Å²) in [5.74, 6) is -1.73. The lowest BCUT2D eigenvalue weighted by atomic mass is 10.0. The molecule has 0 saturated heterocycles. The number of benzene rings is 2. The van der Waals surface area contributed by atoms with Crippen LogP contribution in [0, 0.1) is 6.92 Å². The van der Waals surface area contributed by atoms with Crippen molar-refractivity contribution >= 4 is 45.0 Å². The monoisotopic (exact) mass is 487 g/mol. The number of hydrogen-bond donors (Lipinski definition) is 2. The van der Waals surface area contributed by atoms with Gasteiger partial charge in [-0.2, -0.15) is 0 Å². The fourth-order valence-electron chi connectivity index (χ4n) is 3.88. The Hall–Kier alpha value is -4.04. The summed E-state index contributed by atoms with van der Waals surface area (Å²) in [6.45, 7) is 5.54. The van der Waals surface area contributed by atoms with Gasteiger partial charge in [0, 0.05) is 10.9 Å². The molecular formula is C27H25N3O4S. The number of hydrogen-bond acceptors (Lipinski definition) is 6. The molecule has 2 aromatic heterocycles. The standard InChI is InChI=1S/C27H25N3O4S/c1-4-16-10-12-17(13-11-16)21-14-19(18-8-6-7-9-20(18)29-21)25(32)30-26-22(27(33)34-5-2)15(3)23(35-26)24(28)31/h6-14H,4-5H2,1-3H3,(H2,28,31)(H,30,32). The predicted octanol–water partition coefficient (Wildman–Crippen LogP) is 5.36. The molecule has 2 aromatic carbocycles. The minimum atomic E-state index is -0.675. The van der Waals surface area contributed by atoms with Crippen molar-refractivity contribution < 1.29 is 19.1 Å². The zero-order valence-corrected chi connectivity index (χ0v) is 20.5. The number of thiophene rings is 1. The van der Waals surface area contributed by atoms with Crippen molar-refractivity contribution in [3.63, 3.8) is 0 Å². The van der Waals surface area contributed by atoms with Gasteiger partial charge in [0.2, 0.25) is 0 Å². The number of para-hydroxylation sites is 1. The fraction of sp³-hybridized carbons (Fsp3) is 0.185. The number of ether oxygens (including phenoxy) is 1. The summed E-state index contributed by atoms with van der Waals surface area (Å²) in [5.41, 5.74) is 9.81. The van der Waals surface area contributed by atoms with E-state index in [0.29, 0.717) is 27.7 Å². The maximum atomic E-state index is 13.5. The van der Waals surface area contributed by atoms with Crippen LogP contribution in [-0.2, 0) is 11.2 Å². The molecule has 0 aliphatic carbocycles. The molecule has 0 aliphatic rings. The van der Waals surface area contributed by atoms with E-state index in [9.17, 15) is 14.4 Å². The average Bonchev–Trinajstić information content (AvgIpc) is 3.19. The summed E-state index contributed by atoms with van der Waals surface area (Å²) in [4.78, 5) is 43.0. The van der Waals surface area contributed by atoms with Crippen LogP contribution < -0.4 is 11.1 Å². The average molecular weight is 488 g/mol. The molecule has 0 unspecified atom stereocenters. The van der Waals surface area contributed by atoms with E-state index in [-0.39, 0.29) is 22.0 Å². The predicted molar refractivity (Wildman–Crippen MR) is 138 cm³/mol. The highest BCUT2D eigenvalue weighted by atomic mass is 32.1. The molecule has 0 bridgehead atoms. The van der Waals surface area contributed by atoms with Crippen LogP contribution in [0.1, 0.15) is 55.4 Å². The van der Waals surface area contributed by atoms with Crippen LogP contribution in [0.25, 0.3) is 22.2 Å². The molecule has 0 atom stereocenters. The Morgan fingerprint density at radius 2 is 1.77 bits per heavy atom. The lowest BCUT2D eigenvalue weighted by molar-refractivity contribution is 0.0527. The molecule has 0 aliphatic heterocycles. The van der Waals surface area contributed by atoms with Gasteiger partial charge in [-0.1, -0.05) is 49.4 Å². The molecule has 2 amide bonds. The summed E-state index contributed by atoms with van der Waals surface area (Å²) in [7, 11) is 0. The number of nitrogens with zero attached hydrogens (tertiary/aromatic N) is 1. The molecule has 0 radical (unpaired) electrons. The highest BCUT2D eigenvalue weighted by molar-refractivity contribution is 7.18. The van der Waals surface area contributed by atoms with E-state index in [1.807, 2.05) is 48.5 Å². The lowest BCUT2D eigenvalue weighted by Crippen LogP contribution is -2.16. The van der Waals surface area contributed by atoms with Crippen LogP contribution in [-0.4, -0.2) is 29.4 Å². The zero-order chi connectivity index (χ0) is 25.1. The van der Waals surface area contributed by atoms with E-state index in [4.69, 9.17) is 15.5 Å². The number of rotatable bonds is 7. The van der Waals surface area contributed by atoms with E-state index in [0.717, 1.165) is 23.3 Å². The van der Waals surface area contributed by atoms with Crippen molar-refractivity contribution in [1.82, 2.24) is 4.98 Å². The van der Waals surface area contributed by atoms with Gasteiger partial charge in [-0.3, -0.25) is 9.59 Å². The molecular weight excluding hydrogens is 462 g/mol. The van der Waals surface area contributed by atoms with Crippen molar-refractivity contribution in [3.8, 4) is 11.3 Å². The van der Waals surface area contributed by atoms with Crippen LogP contribution in [0.5, 0.6) is 0 Å². The molecule has 4 aromatic rings. The van der Waals surface area contributed by atoms with E-state index >= 15 is 0 Å². The molecule has 0 spiro atoms. The number of pyridine rings is 1. The third-order valence-corrected chi connectivity index (χ3v) is 6.92. The van der Waals surface area contributed by atoms with E-state index in [1.165, 1.54) is 5.56 Å². The number of esters is 1. The SMILES string of the molecule is CCOC(=O)c1c(NC(=O)c2cc(-c3ccc(CC)cc3)nc3ccccc23)sc(C(N)=O)c1C. The Morgan fingerprint density at radius 3 is 2.43 bits per heavy atom. The van der Waals surface area contributed by atoms with Crippen LogP contribution in [0.15, 0.2) is 54.6 Å². The second kappa shape index (κ2) is 10.1. The van der Waals surface area contributed by atoms with E-state index in [1.54, 1.807) is 19.9 Å². The van der Waals surface area contributed by atoms with Crippen LogP contribution >= 0.6 is 11.3 Å². The van der Waals surface area contributed by atoms with E-state index in [2.05, 4.69) is 12.2 Å². The number of primary amides is 1. The largest absolute Gasteiger partial charge is 0.462 e. The number of carbonyl (C=O) groups is 3. The van der Waals surface area contributed by atoms with Crippen molar-refractivity contribution in [3.05, 3.63) is 81.7 Å². The third kappa shape index (κ3) is 4.79. The second-order valence-electron chi connectivity index (χ2n) is 7.92. The zero-order valence-electron chi connectivity index (χ0n) is 19.7. The summed E-state index contributed by atoms with van der Waals surface area (Å²) in [5, 5.41) is 3.70. The Labute approximate surface area is 206 Å². The number of aryl methyl sites for hydroxylation is 1. The van der Waals surface area contributed by atoms with Crippen molar-refractivity contribution in [2.75, 3.05) is 11.9 Å². The molecule has 0 fully saturated rings. The second-order valence-corrected chi connectivity index (χ2v) is 8.94. The maximum absolute atomic E-state index is 13.5. The van der Waals surface area contributed by atoms with Crippen molar-refractivity contribution in [2.45, 2.75) is 27.2 Å². The third-order valence-electron chi connectivity index (χ3n) is 5.70. The first-order valence-corrected chi connectivity index (χ1v) is 12.1. The summed E-state index contributed by atoms with van der Waals surface area (Å²) < 4.78 is 5.15. The van der Waals surface area contributed by atoms with Crippen LogP contribution in [0.3, 0.4) is 0 Å². The topological polar surface area (TPSA) is 111 Å². The van der Waals surface area contributed by atoms with Gasteiger partial charge < -0.3 is 15.8 Å². The molecule has 3 N–H and O–H groups in total. The Balaban J connectivity index is 1.80. The number of amides is 2. The normalized spacial score (nSPS) is 10.8. The van der Waals surface area contributed by atoms with Crippen LogP contribution in [0.4, 0.5) is 5.00 Å². The molecule has 35 heavy (non-hydrogen) atoms. The first-order valence-electron chi connectivity index (χ1n) is 11.2. The maximum Gasteiger partial charge on any atom is 0.341 e. The van der Waals surface area contributed by atoms with Crippen molar-refractivity contribution in [1.29, 1.82) is 0 Å². The summed E-state index contributed by atoms with van der Waals surface area (Å²) in [6.07, 6.45) is 0.926. The number of carbonyl (C=O) groups excluding carboxylic acids is 3. The fourth-order valence-corrected chi connectivity index (χ4v) is 4.92. The smallest absolute Gasteiger partial charge is 0.341 e. The first-order chi connectivity index (χ1) is 16.8. The van der Waals surface area contributed by atoms with Crippen LogP contribution in [0.2, 0.25) is 0 Å². The minimum Gasteiger partial charge on any atom is -0.462 e. The highest BCUT2D eigenvalue weighted by Crippen LogP contribution is 2.34. The number of nitrogens with one attached hydrogen (secondary N) is 1. The Kier molecular flexibility index (Phi) is 6.93. The van der Waals surface area contributed by atoms with Gasteiger partial charge in [0.15, 0.2) is 0 Å². The number of anilines is 1. The number of nitrogens with two attached hydrogens (primary N) is 1. The minimum absolute atomic E-state index is 0.132. The Bertz CT molecular complexity index is 1440. The molecule has 2 heterocycles. The highest BCUT2D eigenvalue weighted by Gasteiger charge is 2.26. The molecule has 4 rings (SSSR count). The molecule has 0 saturated carbocycles. The van der Waals surface area contributed by atoms with Gasteiger partial charge in [0.05, 0.1) is 33.8 Å². The molecule has 7 nitrogen and oxygen atoms in total. The molecule has 8 heteroatoms. The van der Waals surface area contributed by atoms with Crippen molar-refractivity contribution in [2.24, 2.45) is 5.73 Å². The summed E-state index contributed by atoms with van der Waals surface area (Å²) in [6, 6.07) is 17.1. The summed E-state index contributed by atoms with van der Waals surface area (Å²) >= 11 is 0.959. The quantitative estimate of drug-likeness (QED) is 0.341. The van der Waals surface area contributed by atoms with Gasteiger partial charge in [-0.15, -0.1) is 11.3 Å². The lowest BCUT2D eigenvalue weighted by Gasteiger charge is -2.11. The first kappa shape index (κ1) is 24.1. The Morgan fingerprint density at radius 1 is 1.06 bits per heavy atom. The van der Waals surface area contributed by atoms with E-state index < -0.39 is 17.8 Å². The van der Waals surface area contributed by atoms with Gasteiger partial charge in [-0.05, 0) is 43.5 Å². The number of aromatic nitrogens is 1. The number of fused-ring (bicyclic) bond motifs is 1. The van der Waals surface area contributed by atoms with Gasteiger partial charge >= 0.3 is 5.97 Å². The van der Waals surface area contributed by atoms with Gasteiger partial charge in [0.25, 0.3) is 11.8 Å². The molecule has 178 valence electrons. The van der Waals surface area contributed by atoms with Gasteiger partial charge in [-0.25, -0.2) is 9.78 Å².